The third-order valence-electron chi connectivity index (χ3n) is 4.09. The van der Waals surface area contributed by atoms with E-state index in [0.717, 1.165) is 21.8 Å². The summed E-state index contributed by atoms with van der Waals surface area (Å²) in [6.07, 6.45) is -2.98. The lowest BCUT2D eigenvalue weighted by Gasteiger charge is -2.16. The van der Waals surface area contributed by atoms with Crippen molar-refractivity contribution < 1.29 is 13.2 Å². The third kappa shape index (κ3) is 3.49. The van der Waals surface area contributed by atoms with Gasteiger partial charge >= 0.3 is 6.18 Å². The number of nitrogens with zero attached hydrogens (tertiary/aromatic N) is 6. The van der Waals surface area contributed by atoms with Gasteiger partial charge in [-0.3, -0.25) is 9.36 Å². The number of hydrogen-bond acceptors (Lipinski definition) is 5. The van der Waals surface area contributed by atoms with Gasteiger partial charge in [0, 0.05) is 20.1 Å². The largest absolute Gasteiger partial charge is 0.433 e. The van der Waals surface area contributed by atoms with Gasteiger partial charge < -0.3 is 5.32 Å². The van der Waals surface area contributed by atoms with Gasteiger partial charge in [0.2, 0.25) is 0 Å². The van der Waals surface area contributed by atoms with E-state index in [2.05, 4.69) is 25.5 Å². The molecular formula is C16H20F3N7. The number of aromatic nitrogens is 6. The van der Waals surface area contributed by atoms with Crippen LogP contribution in [0, 0.1) is 19.8 Å². The summed E-state index contributed by atoms with van der Waals surface area (Å²) in [6, 6.07) is 1.06. The Morgan fingerprint density at radius 2 is 1.92 bits per heavy atom. The topological polar surface area (TPSA) is 73.5 Å². The molecule has 1 atom stereocenters. The first kappa shape index (κ1) is 18.2. The maximum Gasteiger partial charge on any atom is 0.433 e. The molecule has 0 aliphatic heterocycles. The Morgan fingerprint density at radius 1 is 1.19 bits per heavy atom. The summed E-state index contributed by atoms with van der Waals surface area (Å²) in [5, 5.41) is 12.3. The molecule has 3 rings (SSSR count). The predicted octanol–water partition coefficient (Wildman–Crippen LogP) is 2.94. The minimum Gasteiger partial charge on any atom is -0.369 e. The first-order valence-corrected chi connectivity index (χ1v) is 8.16. The SMILES string of the molecule is Cc1cc(C(F)(F)F)n(CC(C)CNc2ncnc3c2c(C)nn3C)n1. The number of rotatable bonds is 5. The normalized spacial score (nSPS) is 13.3. The van der Waals surface area contributed by atoms with Gasteiger partial charge in [0.15, 0.2) is 5.65 Å². The second-order valence-corrected chi connectivity index (χ2v) is 6.47. The van der Waals surface area contributed by atoms with Crippen LogP contribution >= 0.6 is 0 Å². The second kappa shape index (κ2) is 6.58. The minimum atomic E-state index is -4.42. The van der Waals surface area contributed by atoms with Crippen LogP contribution in [-0.2, 0) is 19.8 Å². The quantitative estimate of drug-likeness (QED) is 0.751. The molecule has 3 aromatic rings. The number of aryl methyl sites for hydroxylation is 3. The average Bonchev–Trinajstić information content (AvgIpc) is 3.06. The van der Waals surface area contributed by atoms with Crippen molar-refractivity contribution in [2.75, 3.05) is 11.9 Å². The van der Waals surface area contributed by atoms with Gasteiger partial charge in [0.05, 0.1) is 16.8 Å². The van der Waals surface area contributed by atoms with Crippen molar-refractivity contribution >= 4 is 16.9 Å². The van der Waals surface area contributed by atoms with Crippen molar-refractivity contribution in [2.24, 2.45) is 13.0 Å². The van der Waals surface area contributed by atoms with Crippen LogP contribution in [0.3, 0.4) is 0 Å². The van der Waals surface area contributed by atoms with Crippen LogP contribution in [-0.4, -0.2) is 36.1 Å². The maximum absolute atomic E-state index is 13.1. The van der Waals surface area contributed by atoms with Crippen LogP contribution in [0.1, 0.15) is 24.0 Å². The van der Waals surface area contributed by atoms with Gasteiger partial charge in [-0.25, -0.2) is 9.97 Å². The average molecular weight is 367 g/mol. The fourth-order valence-electron chi connectivity index (χ4n) is 2.95. The lowest BCUT2D eigenvalue weighted by Crippen LogP contribution is -2.22. The Hall–Kier alpha value is -2.65. The molecule has 0 bridgehead atoms. The summed E-state index contributed by atoms with van der Waals surface area (Å²) >= 11 is 0. The molecule has 0 saturated carbocycles. The van der Waals surface area contributed by atoms with E-state index in [9.17, 15) is 13.2 Å². The molecule has 0 aliphatic carbocycles. The highest BCUT2D eigenvalue weighted by Gasteiger charge is 2.35. The zero-order chi connectivity index (χ0) is 19.1. The van der Waals surface area contributed by atoms with E-state index in [1.165, 1.54) is 6.33 Å². The first-order valence-electron chi connectivity index (χ1n) is 8.16. The fourth-order valence-corrected chi connectivity index (χ4v) is 2.95. The molecular weight excluding hydrogens is 347 g/mol. The Bertz CT molecular complexity index is 926. The third-order valence-corrected chi connectivity index (χ3v) is 4.09. The molecule has 26 heavy (non-hydrogen) atoms. The zero-order valence-corrected chi connectivity index (χ0v) is 15.0. The van der Waals surface area contributed by atoms with E-state index >= 15 is 0 Å². The molecule has 0 saturated heterocycles. The van der Waals surface area contributed by atoms with Crippen LogP contribution in [0.25, 0.3) is 11.0 Å². The van der Waals surface area contributed by atoms with E-state index in [-0.39, 0.29) is 12.5 Å². The van der Waals surface area contributed by atoms with Gasteiger partial charge in [-0.1, -0.05) is 6.92 Å². The van der Waals surface area contributed by atoms with Crippen molar-refractivity contribution in [3.63, 3.8) is 0 Å². The van der Waals surface area contributed by atoms with Crippen LogP contribution in [0.4, 0.5) is 19.0 Å². The Kier molecular flexibility index (Phi) is 4.59. The molecule has 7 nitrogen and oxygen atoms in total. The predicted molar refractivity (Wildman–Crippen MR) is 90.7 cm³/mol. The molecule has 0 aromatic carbocycles. The van der Waals surface area contributed by atoms with Crippen molar-refractivity contribution in [1.82, 2.24) is 29.5 Å². The molecule has 0 spiro atoms. The fraction of sp³-hybridized carbons (Fsp3) is 0.500. The van der Waals surface area contributed by atoms with E-state index in [0.29, 0.717) is 23.7 Å². The van der Waals surface area contributed by atoms with Crippen LogP contribution in [0.15, 0.2) is 12.4 Å². The molecule has 0 fully saturated rings. The lowest BCUT2D eigenvalue weighted by atomic mass is 10.1. The van der Waals surface area contributed by atoms with Crippen LogP contribution in [0.2, 0.25) is 0 Å². The Labute approximate surface area is 148 Å². The Morgan fingerprint density at radius 3 is 2.62 bits per heavy atom. The molecule has 0 amide bonds. The highest BCUT2D eigenvalue weighted by atomic mass is 19.4. The Balaban J connectivity index is 1.74. The van der Waals surface area contributed by atoms with Gasteiger partial charge in [0.25, 0.3) is 0 Å². The van der Waals surface area contributed by atoms with Crippen LogP contribution < -0.4 is 5.32 Å². The van der Waals surface area contributed by atoms with E-state index in [1.54, 1.807) is 18.7 Å². The summed E-state index contributed by atoms with van der Waals surface area (Å²) in [5.41, 5.74) is 1.12. The van der Waals surface area contributed by atoms with Gasteiger partial charge in [-0.2, -0.15) is 23.4 Å². The molecule has 10 heteroatoms. The number of fused-ring (bicyclic) bond motifs is 1. The molecule has 140 valence electrons. The molecule has 1 unspecified atom stereocenters. The standard InChI is InChI=1S/C16H20F3N7/c1-9(7-26-12(16(17,18)19)5-10(2)23-26)6-20-14-13-11(3)24-25(4)15(13)22-8-21-14/h5,8-9H,6-7H2,1-4H3,(H,20,21,22). The highest BCUT2D eigenvalue weighted by Crippen LogP contribution is 2.30. The van der Waals surface area contributed by atoms with Crippen molar-refractivity contribution in [2.45, 2.75) is 33.5 Å². The molecule has 0 radical (unpaired) electrons. The number of halogens is 3. The van der Waals surface area contributed by atoms with Gasteiger partial charge in [0.1, 0.15) is 17.8 Å². The number of hydrogen-bond donors (Lipinski definition) is 1. The maximum atomic E-state index is 13.1. The summed E-state index contributed by atoms with van der Waals surface area (Å²) in [6.45, 7) is 5.87. The monoisotopic (exact) mass is 367 g/mol. The zero-order valence-electron chi connectivity index (χ0n) is 15.0. The van der Waals surface area contributed by atoms with E-state index < -0.39 is 11.9 Å². The van der Waals surface area contributed by atoms with Crippen molar-refractivity contribution in [1.29, 1.82) is 0 Å². The summed E-state index contributed by atoms with van der Waals surface area (Å²) < 4.78 is 41.9. The number of anilines is 1. The highest BCUT2D eigenvalue weighted by molar-refractivity contribution is 5.89. The molecule has 3 aromatic heterocycles. The molecule has 0 aliphatic rings. The minimum absolute atomic E-state index is 0.0996. The van der Waals surface area contributed by atoms with Gasteiger partial charge in [-0.05, 0) is 25.8 Å². The molecule has 3 heterocycles. The summed E-state index contributed by atoms with van der Waals surface area (Å²) in [5.74, 6) is 0.525. The number of nitrogens with one attached hydrogen (secondary N) is 1. The van der Waals surface area contributed by atoms with Gasteiger partial charge in [-0.15, -0.1) is 0 Å². The lowest BCUT2D eigenvalue weighted by molar-refractivity contribution is -0.144. The summed E-state index contributed by atoms with van der Waals surface area (Å²) in [7, 11) is 1.80. The first-order chi connectivity index (χ1) is 12.2. The van der Waals surface area contributed by atoms with E-state index in [1.807, 2.05) is 13.8 Å². The molecule has 1 N–H and O–H groups in total. The second-order valence-electron chi connectivity index (χ2n) is 6.47. The summed E-state index contributed by atoms with van der Waals surface area (Å²) in [4.78, 5) is 8.45. The van der Waals surface area contributed by atoms with Crippen LogP contribution in [0.5, 0.6) is 0 Å². The van der Waals surface area contributed by atoms with Crippen molar-refractivity contribution in [3.05, 3.63) is 29.5 Å². The van der Waals surface area contributed by atoms with Crippen molar-refractivity contribution in [3.8, 4) is 0 Å². The smallest absolute Gasteiger partial charge is 0.369 e. The number of alkyl halides is 3. The van der Waals surface area contributed by atoms with E-state index in [4.69, 9.17) is 0 Å².